The highest BCUT2D eigenvalue weighted by molar-refractivity contribution is 8.42. The molecule has 1 aliphatic heterocycles. The lowest BCUT2D eigenvalue weighted by molar-refractivity contribution is 0.809. The molecule has 1 saturated heterocycles. The SMILES string of the molecule is CC(C)(C)S[SiH]1CCCS[SiH2]1. The summed E-state index contributed by atoms with van der Waals surface area (Å²) in [5, 5.41) is 0. The average Bonchev–Trinajstić information content (AvgIpc) is 1.85. The van der Waals surface area contributed by atoms with Crippen LogP contribution >= 0.6 is 22.4 Å². The van der Waals surface area contributed by atoms with E-state index in [0.29, 0.717) is 12.9 Å². The molecular weight excluding hydrogens is 204 g/mol. The van der Waals surface area contributed by atoms with Crippen molar-refractivity contribution < 1.29 is 0 Å². The van der Waals surface area contributed by atoms with E-state index in [9.17, 15) is 0 Å². The predicted octanol–water partition coefficient (Wildman–Crippen LogP) is 1.96. The topological polar surface area (TPSA) is 0 Å². The van der Waals surface area contributed by atoms with Crippen molar-refractivity contribution in [1.29, 1.82) is 0 Å². The van der Waals surface area contributed by atoms with Crippen molar-refractivity contribution >= 4 is 38.1 Å². The van der Waals surface area contributed by atoms with E-state index in [2.05, 4.69) is 43.2 Å². The molecule has 0 amide bonds. The van der Waals surface area contributed by atoms with Gasteiger partial charge in [-0.1, -0.05) is 26.8 Å². The molecule has 1 unspecified atom stereocenters. The quantitative estimate of drug-likeness (QED) is 0.622. The first-order chi connectivity index (χ1) is 5.08. The largest absolute Gasteiger partial charge is 0.196 e. The molecule has 1 atom stereocenters. The van der Waals surface area contributed by atoms with Gasteiger partial charge in [0.15, 0.2) is 0 Å². The summed E-state index contributed by atoms with van der Waals surface area (Å²) in [6, 6.07) is 1.64. The minimum atomic E-state index is -0.233. The fraction of sp³-hybridized carbons (Fsp3) is 1.00. The third-order valence-electron chi connectivity index (χ3n) is 1.64. The Morgan fingerprint density at radius 1 is 1.45 bits per heavy atom. The Balaban J connectivity index is 2.24. The first kappa shape index (κ1) is 10.2. The van der Waals surface area contributed by atoms with Crippen LogP contribution in [0.25, 0.3) is 0 Å². The van der Waals surface area contributed by atoms with Crippen molar-refractivity contribution in [2.45, 2.75) is 38.0 Å². The van der Waals surface area contributed by atoms with E-state index in [1.807, 2.05) is 0 Å². The van der Waals surface area contributed by atoms with Crippen molar-refractivity contribution in [1.82, 2.24) is 0 Å². The van der Waals surface area contributed by atoms with Crippen molar-refractivity contribution in [2.75, 3.05) is 5.75 Å². The zero-order valence-electron chi connectivity index (χ0n) is 7.72. The van der Waals surface area contributed by atoms with E-state index in [1.54, 1.807) is 6.04 Å². The zero-order valence-corrected chi connectivity index (χ0v) is 11.9. The molecule has 0 aromatic rings. The monoisotopic (exact) mass is 222 g/mol. The summed E-state index contributed by atoms with van der Waals surface area (Å²) in [7, 11) is 0.129. The lowest BCUT2D eigenvalue weighted by Crippen LogP contribution is -2.26. The smallest absolute Gasteiger partial charge is 0.0996 e. The molecule has 1 heterocycles. The molecule has 1 aliphatic rings. The molecule has 0 N–H and O–H groups in total. The van der Waals surface area contributed by atoms with Crippen molar-refractivity contribution in [3.8, 4) is 0 Å². The highest BCUT2D eigenvalue weighted by Crippen LogP contribution is 2.31. The molecule has 0 saturated carbocycles. The first-order valence-corrected chi connectivity index (χ1v) is 13.6. The van der Waals surface area contributed by atoms with Gasteiger partial charge in [-0.15, -0.1) is 0 Å². The Morgan fingerprint density at radius 2 is 2.18 bits per heavy atom. The van der Waals surface area contributed by atoms with Gasteiger partial charge in [0.2, 0.25) is 0 Å². The number of rotatable bonds is 1. The maximum atomic E-state index is 2.37. The lowest BCUT2D eigenvalue weighted by atomic mass is 10.3. The maximum Gasteiger partial charge on any atom is 0.0996 e. The van der Waals surface area contributed by atoms with Crippen LogP contribution in [0.5, 0.6) is 0 Å². The predicted molar refractivity (Wildman–Crippen MR) is 64.9 cm³/mol. The van der Waals surface area contributed by atoms with Gasteiger partial charge < -0.3 is 0 Å². The van der Waals surface area contributed by atoms with Crippen LogP contribution in [0, 0.1) is 0 Å². The van der Waals surface area contributed by atoms with E-state index in [1.165, 1.54) is 12.2 Å². The molecular formula is C7H18S2Si2. The van der Waals surface area contributed by atoms with Crippen molar-refractivity contribution in [3.63, 3.8) is 0 Å². The van der Waals surface area contributed by atoms with E-state index in [0.717, 1.165) is 0 Å². The molecule has 0 bridgehead atoms. The second-order valence-corrected chi connectivity index (χ2v) is 21.2. The van der Waals surface area contributed by atoms with Crippen LogP contribution in [0.1, 0.15) is 27.2 Å². The van der Waals surface area contributed by atoms with Crippen LogP contribution in [0.3, 0.4) is 0 Å². The number of hydrogen-bond donors (Lipinski definition) is 0. The number of hydrogen-bond acceptors (Lipinski definition) is 2. The maximum absolute atomic E-state index is 2.37. The van der Waals surface area contributed by atoms with Crippen molar-refractivity contribution in [2.24, 2.45) is 0 Å². The fourth-order valence-corrected chi connectivity index (χ4v) is 26.7. The Labute approximate surface area is 81.8 Å². The molecule has 1 fully saturated rings. The van der Waals surface area contributed by atoms with Crippen LogP contribution in [0.15, 0.2) is 0 Å². The van der Waals surface area contributed by atoms with Crippen LogP contribution in [-0.4, -0.2) is 26.2 Å². The molecule has 0 aliphatic carbocycles. The minimum absolute atomic E-state index is 0.233. The van der Waals surface area contributed by atoms with Crippen LogP contribution < -0.4 is 0 Å². The van der Waals surface area contributed by atoms with E-state index in [-0.39, 0.29) is 7.46 Å². The summed E-state index contributed by atoms with van der Waals surface area (Å²) in [5.74, 6) is 1.49. The lowest BCUT2D eigenvalue weighted by Gasteiger charge is -2.26. The van der Waals surface area contributed by atoms with Crippen LogP contribution in [-0.2, 0) is 0 Å². The van der Waals surface area contributed by atoms with Crippen molar-refractivity contribution in [3.05, 3.63) is 0 Å². The first-order valence-electron chi connectivity index (χ1n) is 4.33. The second-order valence-electron chi connectivity index (χ2n) is 4.07. The molecule has 0 nitrogen and oxygen atoms in total. The molecule has 0 radical (unpaired) electrons. The Hall–Kier alpha value is 1.13. The molecule has 0 aromatic carbocycles. The molecule has 11 heavy (non-hydrogen) atoms. The Kier molecular flexibility index (Phi) is 4.08. The fourth-order valence-electron chi connectivity index (χ4n) is 1.30. The molecule has 66 valence electrons. The highest BCUT2D eigenvalue weighted by Gasteiger charge is 2.22. The van der Waals surface area contributed by atoms with Gasteiger partial charge in [0.1, 0.15) is 0 Å². The standard InChI is InChI=1S/C7H18S2Si2/c1-7(2,3)9-11-6-4-5-8-10-11/h11H,4-6,10H2,1-3H3. The van der Waals surface area contributed by atoms with Gasteiger partial charge >= 0.3 is 0 Å². The van der Waals surface area contributed by atoms with Gasteiger partial charge in [-0.2, -0.15) is 22.4 Å². The highest BCUT2D eigenvalue weighted by atomic mass is 32.4. The molecule has 0 aromatic heterocycles. The normalized spacial score (nSPS) is 29.2. The van der Waals surface area contributed by atoms with E-state index < -0.39 is 0 Å². The molecule has 0 spiro atoms. The Bertz CT molecular complexity index is 116. The average molecular weight is 223 g/mol. The Morgan fingerprint density at radius 3 is 2.64 bits per heavy atom. The summed E-state index contributed by atoms with van der Waals surface area (Å²) in [6.07, 6.45) is 1.53. The van der Waals surface area contributed by atoms with Crippen LogP contribution in [0.4, 0.5) is 0 Å². The second kappa shape index (κ2) is 4.39. The zero-order chi connectivity index (χ0) is 8.32. The molecule has 4 heteroatoms. The van der Waals surface area contributed by atoms with Crippen LogP contribution in [0.2, 0.25) is 6.04 Å². The van der Waals surface area contributed by atoms with Gasteiger partial charge in [-0.3, -0.25) is 0 Å². The summed E-state index contributed by atoms with van der Waals surface area (Å²) in [6.45, 7) is 7.12. The van der Waals surface area contributed by atoms with Gasteiger partial charge in [0, 0.05) is 4.75 Å². The minimum Gasteiger partial charge on any atom is -0.196 e. The summed E-state index contributed by atoms with van der Waals surface area (Å²) < 4.78 is 0.557. The van der Waals surface area contributed by atoms with E-state index in [4.69, 9.17) is 0 Å². The summed E-state index contributed by atoms with van der Waals surface area (Å²) >= 11 is 4.68. The molecule has 1 rings (SSSR count). The third kappa shape index (κ3) is 4.65. The van der Waals surface area contributed by atoms with Gasteiger partial charge in [0.05, 0.1) is 15.7 Å². The van der Waals surface area contributed by atoms with Gasteiger partial charge in [-0.25, -0.2) is 0 Å². The summed E-state index contributed by atoms with van der Waals surface area (Å²) in [5.41, 5.74) is 0. The summed E-state index contributed by atoms with van der Waals surface area (Å²) in [4.78, 5) is 0. The van der Waals surface area contributed by atoms with E-state index >= 15 is 0 Å². The van der Waals surface area contributed by atoms with Gasteiger partial charge in [-0.05, 0) is 12.2 Å². The van der Waals surface area contributed by atoms with Gasteiger partial charge in [0.25, 0.3) is 0 Å². The third-order valence-corrected chi connectivity index (χ3v) is 23.3.